The van der Waals surface area contributed by atoms with E-state index in [-0.39, 0.29) is 39.8 Å². The first-order chi connectivity index (χ1) is 36.7. The van der Waals surface area contributed by atoms with Crippen molar-refractivity contribution in [2.45, 2.75) is 101 Å². The summed E-state index contributed by atoms with van der Waals surface area (Å²) in [5.41, 5.74) is -7.77. The summed E-state index contributed by atoms with van der Waals surface area (Å²) in [6, 6.07) is 36.7. The van der Waals surface area contributed by atoms with Gasteiger partial charge in [0.15, 0.2) is 23.6 Å². The van der Waals surface area contributed by atoms with Crippen LogP contribution in [0.25, 0.3) is 0 Å². The monoisotopic (exact) mass is 1050 g/mol. The lowest BCUT2D eigenvalue weighted by Crippen LogP contribution is -2.82. The van der Waals surface area contributed by atoms with Gasteiger partial charge in [0.05, 0.1) is 47.8 Å². The Morgan fingerprint density at radius 2 is 1.25 bits per heavy atom. The molecule has 0 spiro atoms. The molecule has 3 aliphatic carbocycles. The summed E-state index contributed by atoms with van der Waals surface area (Å²) in [4.78, 5) is 102. The number of methoxy groups -OCH3 is 1. The molecule has 17 heteroatoms. The summed E-state index contributed by atoms with van der Waals surface area (Å²) in [5.74, 6) is -7.89. The van der Waals surface area contributed by atoms with Crippen molar-refractivity contribution < 1.29 is 76.9 Å². The molecule has 0 unspecified atom stereocenters. The van der Waals surface area contributed by atoms with E-state index >= 15 is 4.79 Å². The number of aliphatic hydroxyl groups is 2. The zero-order chi connectivity index (χ0) is 55.0. The zero-order valence-corrected chi connectivity index (χ0v) is 43.2. The number of ketones is 1. The van der Waals surface area contributed by atoms with E-state index in [0.29, 0.717) is 11.3 Å². The Labute approximate surface area is 444 Å². The van der Waals surface area contributed by atoms with Crippen molar-refractivity contribution in [2.75, 3.05) is 13.7 Å². The first-order valence-corrected chi connectivity index (χ1v) is 25.2. The largest absolute Gasteiger partial charge is 0.497 e. The van der Waals surface area contributed by atoms with Gasteiger partial charge in [0.1, 0.15) is 35.8 Å². The number of hydrogen-bond donors (Lipinski definition) is 3. The van der Waals surface area contributed by atoms with Crippen molar-refractivity contribution in [1.82, 2.24) is 5.32 Å². The summed E-state index contributed by atoms with van der Waals surface area (Å²) in [7, 11) is 1.42. The molecule has 1 saturated heterocycles. The molecule has 3 N–H and O–H groups in total. The maximum atomic E-state index is 16.7. The van der Waals surface area contributed by atoms with Crippen LogP contribution in [-0.2, 0) is 42.8 Å². The Morgan fingerprint density at radius 3 is 1.81 bits per heavy atom. The number of nitrogens with one attached hydrogen (secondary N) is 1. The van der Waals surface area contributed by atoms with Gasteiger partial charge in [0, 0.05) is 30.7 Å². The van der Waals surface area contributed by atoms with E-state index in [2.05, 4.69) is 5.32 Å². The van der Waals surface area contributed by atoms with Gasteiger partial charge in [0.2, 0.25) is 0 Å². The van der Waals surface area contributed by atoms with Crippen LogP contribution in [0, 0.1) is 16.7 Å². The van der Waals surface area contributed by atoms with E-state index in [0.717, 1.165) is 6.92 Å². The van der Waals surface area contributed by atoms with Gasteiger partial charge in [-0.05, 0) is 85.2 Å². The van der Waals surface area contributed by atoms with Crippen LogP contribution >= 0.6 is 0 Å². The van der Waals surface area contributed by atoms with Gasteiger partial charge in [-0.15, -0.1) is 0 Å². The van der Waals surface area contributed by atoms with E-state index in [1.54, 1.807) is 123 Å². The van der Waals surface area contributed by atoms with Crippen LogP contribution in [0.3, 0.4) is 0 Å². The fourth-order valence-electron chi connectivity index (χ4n) is 11.9. The van der Waals surface area contributed by atoms with Crippen molar-refractivity contribution in [3.05, 3.63) is 185 Å². The van der Waals surface area contributed by atoms with Gasteiger partial charge in [-0.3, -0.25) is 14.4 Å². The topological polar surface area (TPSA) is 237 Å². The smallest absolute Gasteiger partial charge is 0.339 e. The molecule has 0 aromatic heterocycles. The van der Waals surface area contributed by atoms with E-state index in [1.807, 2.05) is 0 Å². The molecule has 1 heterocycles. The quantitative estimate of drug-likeness (QED) is 0.0582. The maximum absolute atomic E-state index is 16.7. The lowest BCUT2D eigenvalue weighted by molar-refractivity contribution is -0.345. The highest BCUT2D eigenvalue weighted by atomic mass is 16.6. The van der Waals surface area contributed by atoms with Crippen molar-refractivity contribution in [2.24, 2.45) is 16.7 Å². The number of fused-ring (bicyclic) bond motifs is 5. The minimum Gasteiger partial charge on any atom is -0.497 e. The maximum Gasteiger partial charge on any atom is 0.339 e. The summed E-state index contributed by atoms with van der Waals surface area (Å²) in [5, 5.41) is 29.1. The molecule has 2 bridgehead atoms. The van der Waals surface area contributed by atoms with Gasteiger partial charge in [-0.25, -0.2) is 19.2 Å². The van der Waals surface area contributed by atoms with Crippen molar-refractivity contribution in [3.63, 3.8) is 0 Å². The van der Waals surface area contributed by atoms with E-state index in [1.165, 1.54) is 57.4 Å². The van der Waals surface area contributed by atoms with Gasteiger partial charge >= 0.3 is 29.8 Å². The van der Waals surface area contributed by atoms with Crippen molar-refractivity contribution in [1.29, 1.82) is 0 Å². The predicted octanol–water partition coefficient (Wildman–Crippen LogP) is 6.90. The Hall–Kier alpha value is -7.99. The van der Waals surface area contributed by atoms with Crippen molar-refractivity contribution >= 4 is 41.5 Å². The molecule has 1 aliphatic heterocycles. The summed E-state index contributed by atoms with van der Waals surface area (Å²) in [6.07, 6.45) is -11.2. The van der Waals surface area contributed by atoms with Crippen LogP contribution in [0.2, 0.25) is 0 Å². The number of carbonyl (C=O) groups excluding carboxylic acids is 7. The van der Waals surface area contributed by atoms with Crippen LogP contribution in [0.4, 0.5) is 0 Å². The molecule has 5 aromatic rings. The number of ether oxygens (including phenoxy) is 7. The lowest BCUT2D eigenvalue weighted by atomic mass is 9.44. The second-order valence-electron chi connectivity index (χ2n) is 20.6. The second-order valence-corrected chi connectivity index (χ2v) is 20.6. The molecule has 5 aromatic carbocycles. The highest BCUT2D eigenvalue weighted by Gasteiger charge is 2.79. The Morgan fingerprint density at radius 1 is 0.701 bits per heavy atom. The number of rotatable bonds is 14. The van der Waals surface area contributed by atoms with Crippen LogP contribution in [0.5, 0.6) is 5.75 Å². The predicted molar refractivity (Wildman–Crippen MR) is 274 cm³/mol. The summed E-state index contributed by atoms with van der Waals surface area (Å²) >= 11 is 0. The highest BCUT2D eigenvalue weighted by Crippen LogP contribution is 2.65. The number of aliphatic hydroxyl groups excluding tert-OH is 1. The molecule has 0 radical (unpaired) electrons. The van der Waals surface area contributed by atoms with Crippen molar-refractivity contribution in [3.8, 4) is 5.75 Å². The molecular weight excluding hydrogens is 991 g/mol. The number of hydrogen-bond acceptors (Lipinski definition) is 16. The molecule has 11 atom stereocenters. The molecule has 1 amide bonds. The minimum atomic E-state index is -2.53. The lowest BCUT2D eigenvalue weighted by Gasteiger charge is -2.67. The molecule has 17 nitrogen and oxygen atoms in total. The Bertz CT molecular complexity index is 3110. The number of Topliss-reactive ketones (excluding diaryl/α,β-unsaturated/α-hetero) is 1. The average Bonchev–Trinajstić information content (AvgIpc) is 3.63. The number of carbonyl (C=O) groups is 7. The molecule has 3 fully saturated rings. The molecule has 400 valence electrons. The van der Waals surface area contributed by atoms with Gasteiger partial charge in [-0.1, -0.05) is 105 Å². The third-order valence-corrected chi connectivity index (χ3v) is 16.0. The molecule has 4 aliphatic rings. The fourth-order valence-corrected chi connectivity index (χ4v) is 11.9. The number of benzene rings is 5. The minimum absolute atomic E-state index is 0.0248. The normalized spacial score (nSPS) is 27.7. The van der Waals surface area contributed by atoms with Crippen LogP contribution in [0.1, 0.15) is 100 Å². The fraction of sp³-hybridized carbons (Fsp3) is 0.350. The third kappa shape index (κ3) is 9.68. The van der Waals surface area contributed by atoms with E-state index in [4.69, 9.17) is 33.2 Å². The van der Waals surface area contributed by atoms with Crippen LogP contribution in [-0.4, -0.2) is 113 Å². The standard InChI is InChI=1S/C60H59NO16/c1-34-42(73-56(69)47(63)46(36-20-11-7-12-21-36)61-52(65)37-22-13-8-14-23-37)32-60(70)51(76-54(67)39-26-17-10-18-27-39)49-58(5,50(64)48(45(34)57(60,3)4)75-53(66)38-24-15-9-16-25-38)43(31-44-59(49,33-72-44)77-35(2)62)74-55(68)40-28-19-29-41(30-40)71-6/h7-30,42-44,46-49,51,63,70H,31-33H2,1-6H3,(H,61,65)/t42-,43-,44+,46-,47+,48+,49-,51-,58+,59-,60+/m0/s1. The van der Waals surface area contributed by atoms with Crippen LogP contribution in [0.15, 0.2) is 157 Å². The van der Waals surface area contributed by atoms with Gasteiger partial charge < -0.3 is 48.7 Å². The first-order valence-electron chi connectivity index (χ1n) is 25.2. The van der Waals surface area contributed by atoms with Gasteiger partial charge in [0.25, 0.3) is 5.91 Å². The summed E-state index contributed by atoms with van der Waals surface area (Å²) < 4.78 is 43.6. The van der Waals surface area contributed by atoms with E-state index in [9.17, 15) is 39.0 Å². The SMILES string of the molecule is COc1cccc(C(=O)O[C@H]2C[C@H]3OC[C@@]3(OC(C)=O)[C@H]3[C@H](OC(=O)c4ccccc4)[C@]4(O)C[C@H](OC(=O)[C@H](O)[C@@H](NC(=O)c5ccccc5)c5ccccc5)C(C)=C([C@@H](OC(=O)c5ccccc5)C(=O)[C@]23C)C4(C)C)c1. The summed E-state index contributed by atoms with van der Waals surface area (Å²) in [6.45, 7) is 6.82. The second kappa shape index (κ2) is 21.2. The molecular formula is C60H59NO16. The highest BCUT2D eigenvalue weighted by molar-refractivity contribution is 5.99. The van der Waals surface area contributed by atoms with E-state index < -0.39 is 125 Å². The number of amides is 1. The van der Waals surface area contributed by atoms with Crippen LogP contribution < -0.4 is 10.1 Å². The number of esters is 5. The molecule has 9 rings (SSSR count). The molecule has 2 saturated carbocycles. The first kappa shape index (κ1) is 53.8. The Kier molecular flexibility index (Phi) is 14.8. The third-order valence-electron chi connectivity index (χ3n) is 16.0. The van der Waals surface area contributed by atoms with Gasteiger partial charge in [-0.2, -0.15) is 0 Å². The zero-order valence-electron chi connectivity index (χ0n) is 43.2. The Balaban J connectivity index is 1.25. The average molecular weight is 1050 g/mol. The molecule has 77 heavy (non-hydrogen) atoms.